The molecule has 20 heavy (non-hydrogen) atoms. The van der Waals surface area contributed by atoms with E-state index in [1.54, 1.807) is 14.2 Å². The molecule has 0 aromatic heterocycles. The van der Waals surface area contributed by atoms with Gasteiger partial charge in [-0.05, 0) is 0 Å². The molecule has 0 atom stereocenters. The van der Waals surface area contributed by atoms with Crippen molar-refractivity contribution in [2.24, 2.45) is 0 Å². The second kappa shape index (κ2) is 11.4. The number of carbonyl (C=O) groups excluding carboxylic acids is 1. The molecule has 0 heterocycles. The summed E-state index contributed by atoms with van der Waals surface area (Å²) in [7, 11) is 4.58. The van der Waals surface area contributed by atoms with Crippen LogP contribution in [-0.4, -0.2) is 94.2 Å². The minimum atomic E-state index is -1.06. The van der Waals surface area contributed by atoms with E-state index < -0.39 is 5.97 Å². The van der Waals surface area contributed by atoms with Gasteiger partial charge >= 0.3 is 12.0 Å². The zero-order valence-corrected chi connectivity index (χ0v) is 12.3. The van der Waals surface area contributed by atoms with Crippen LogP contribution in [0.2, 0.25) is 0 Å². The fraction of sp³-hybridized carbons (Fsp3) is 0.833. The average molecular weight is 292 g/mol. The number of carboxylic acid groups (broad SMARTS) is 1. The Morgan fingerprint density at radius 2 is 1.25 bits per heavy atom. The molecule has 118 valence electrons. The summed E-state index contributed by atoms with van der Waals surface area (Å²) in [4.78, 5) is 25.9. The third-order valence-electron chi connectivity index (χ3n) is 2.56. The molecule has 2 amide bonds. The summed E-state index contributed by atoms with van der Waals surface area (Å²) in [6.07, 6.45) is 0. The maximum atomic E-state index is 12.3. The van der Waals surface area contributed by atoms with Crippen molar-refractivity contribution in [3.05, 3.63) is 0 Å². The molecular weight excluding hydrogens is 268 g/mol. The molecule has 0 aromatic rings. The van der Waals surface area contributed by atoms with E-state index in [2.05, 4.69) is 0 Å². The van der Waals surface area contributed by atoms with Gasteiger partial charge in [0.05, 0.1) is 19.8 Å². The lowest BCUT2D eigenvalue weighted by Gasteiger charge is -2.29. The number of ether oxygens (including phenoxy) is 3. The standard InChI is InChI=1S/C12H24N2O6/c1-18-7-4-13(5-8-19-2)12(17)14(6-9-20-3)10-11(15)16/h4-10H2,1-3H3,(H,15,16). The number of nitrogens with zero attached hydrogens (tertiary/aromatic N) is 2. The van der Waals surface area contributed by atoms with Gasteiger partial charge in [-0.1, -0.05) is 0 Å². The molecule has 0 radical (unpaired) electrons. The zero-order chi connectivity index (χ0) is 15.4. The first-order valence-electron chi connectivity index (χ1n) is 6.29. The first kappa shape index (κ1) is 18.6. The third-order valence-corrected chi connectivity index (χ3v) is 2.56. The van der Waals surface area contributed by atoms with E-state index in [1.807, 2.05) is 0 Å². The molecule has 0 rings (SSSR count). The molecule has 1 N–H and O–H groups in total. The smallest absolute Gasteiger partial charge is 0.323 e. The van der Waals surface area contributed by atoms with Crippen LogP contribution in [0, 0.1) is 0 Å². The second-order valence-electron chi connectivity index (χ2n) is 4.06. The van der Waals surface area contributed by atoms with Crippen LogP contribution in [0.15, 0.2) is 0 Å². The predicted octanol–water partition coefficient (Wildman–Crippen LogP) is -0.266. The Balaban J connectivity index is 4.67. The number of rotatable bonds is 11. The van der Waals surface area contributed by atoms with E-state index in [9.17, 15) is 9.59 Å². The number of amides is 2. The van der Waals surface area contributed by atoms with Gasteiger partial charge in [0.2, 0.25) is 0 Å². The maximum Gasteiger partial charge on any atom is 0.323 e. The molecule has 0 bridgehead atoms. The van der Waals surface area contributed by atoms with Gasteiger partial charge < -0.3 is 29.1 Å². The molecule has 0 aliphatic heterocycles. The van der Waals surface area contributed by atoms with Gasteiger partial charge in [0.25, 0.3) is 0 Å². The summed E-state index contributed by atoms with van der Waals surface area (Å²) < 4.78 is 14.8. The molecule has 0 unspecified atom stereocenters. The molecule has 0 aliphatic carbocycles. The quantitative estimate of drug-likeness (QED) is 0.564. The molecule has 0 spiro atoms. The Morgan fingerprint density at radius 1 is 0.850 bits per heavy atom. The van der Waals surface area contributed by atoms with Crippen molar-refractivity contribution in [2.75, 3.05) is 67.3 Å². The highest BCUT2D eigenvalue weighted by Gasteiger charge is 2.22. The second-order valence-corrected chi connectivity index (χ2v) is 4.06. The van der Waals surface area contributed by atoms with Crippen LogP contribution in [0.5, 0.6) is 0 Å². The Hall–Kier alpha value is -1.38. The Bertz CT molecular complexity index is 279. The van der Waals surface area contributed by atoms with E-state index in [0.29, 0.717) is 26.3 Å². The van der Waals surface area contributed by atoms with E-state index in [-0.39, 0.29) is 25.7 Å². The van der Waals surface area contributed by atoms with Crippen LogP contribution in [0.1, 0.15) is 0 Å². The maximum absolute atomic E-state index is 12.3. The number of urea groups is 1. The first-order valence-corrected chi connectivity index (χ1v) is 6.29. The summed E-state index contributed by atoms with van der Waals surface area (Å²) in [5.74, 6) is -1.06. The van der Waals surface area contributed by atoms with Crippen molar-refractivity contribution in [1.29, 1.82) is 0 Å². The summed E-state index contributed by atoms with van der Waals surface area (Å²) >= 11 is 0. The van der Waals surface area contributed by atoms with Crippen LogP contribution >= 0.6 is 0 Å². The van der Waals surface area contributed by atoms with Crippen molar-refractivity contribution >= 4 is 12.0 Å². The SMILES string of the molecule is COCCN(CCOC)C(=O)N(CCOC)CC(=O)O. The molecular formula is C12H24N2O6. The largest absolute Gasteiger partial charge is 0.480 e. The lowest BCUT2D eigenvalue weighted by molar-refractivity contribution is -0.137. The first-order chi connectivity index (χ1) is 9.56. The highest BCUT2D eigenvalue weighted by atomic mass is 16.5. The van der Waals surface area contributed by atoms with Crippen LogP contribution in [0.4, 0.5) is 4.79 Å². The number of hydrogen-bond donors (Lipinski definition) is 1. The van der Waals surface area contributed by atoms with Crippen molar-refractivity contribution in [3.63, 3.8) is 0 Å². The minimum absolute atomic E-state index is 0.220. The van der Waals surface area contributed by atoms with Gasteiger partial charge in [0.15, 0.2) is 0 Å². The molecule has 8 heteroatoms. The molecule has 0 saturated carbocycles. The van der Waals surface area contributed by atoms with Gasteiger partial charge in [0.1, 0.15) is 6.54 Å². The third kappa shape index (κ3) is 7.93. The molecule has 0 fully saturated rings. The van der Waals surface area contributed by atoms with Crippen molar-refractivity contribution in [2.45, 2.75) is 0 Å². The minimum Gasteiger partial charge on any atom is -0.480 e. The average Bonchev–Trinajstić information content (AvgIpc) is 2.42. The van der Waals surface area contributed by atoms with Crippen LogP contribution < -0.4 is 0 Å². The number of aliphatic carboxylic acids is 1. The number of carbonyl (C=O) groups is 2. The van der Waals surface area contributed by atoms with Crippen molar-refractivity contribution in [3.8, 4) is 0 Å². The molecule has 0 aromatic carbocycles. The van der Waals surface area contributed by atoms with E-state index >= 15 is 0 Å². The lowest BCUT2D eigenvalue weighted by Crippen LogP contribution is -2.48. The van der Waals surface area contributed by atoms with Crippen molar-refractivity contribution in [1.82, 2.24) is 9.80 Å². The van der Waals surface area contributed by atoms with E-state index in [1.165, 1.54) is 16.9 Å². The summed E-state index contributed by atoms with van der Waals surface area (Å²) in [5, 5.41) is 8.86. The van der Waals surface area contributed by atoms with Crippen LogP contribution in [0.25, 0.3) is 0 Å². The number of methoxy groups -OCH3 is 3. The highest BCUT2D eigenvalue weighted by molar-refractivity contribution is 5.80. The highest BCUT2D eigenvalue weighted by Crippen LogP contribution is 2.00. The summed E-state index contributed by atoms with van der Waals surface area (Å²) in [5.41, 5.74) is 0. The molecule has 0 saturated heterocycles. The molecule has 0 aliphatic rings. The monoisotopic (exact) mass is 292 g/mol. The number of hydrogen-bond acceptors (Lipinski definition) is 5. The van der Waals surface area contributed by atoms with Crippen LogP contribution in [0.3, 0.4) is 0 Å². The number of carboxylic acids is 1. The Labute approximate surface area is 119 Å². The van der Waals surface area contributed by atoms with Crippen molar-refractivity contribution < 1.29 is 28.9 Å². The Morgan fingerprint density at radius 3 is 1.60 bits per heavy atom. The van der Waals surface area contributed by atoms with Gasteiger partial charge in [0, 0.05) is 41.0 Å². The summed E-state index contributed by atoms with van der Waals surface area (Å²) in [6.45, 7) is 1.64. The fourth-order valence-electron chi connectivity index (χ4n) is 1.51. The van der Waals surface area contributed by atoms with Gasteiger partial charge in [-0.2, -0.15) is 0 Å². The van der Waals surface area contributed by atoms with Crippen LogP contribution in [-0.2, 0) is 19.0 Å². The topological polar surface area (TPSA) is 88.5 Å². The summed E-state index contributed by atoms with van der Waals surface area (Å²) in [6, 6.07) is -0.362. The zero-order valence-electron chi connectivity index (χ0n) is 12.3. The van der Waals surface area contributed by atoms with Gasteiger partial charge in [-0.3, -0.25) is 4.79 Å². The van der Waals surface area contributed by atoms with E-state index in [4.69, 9.17) is 19.3 Å². The molecule has 8 nitrogen and oxygen atoms in total. The predicted molar refractivity (Wildman–Crippen MR) is 71.8 cm³/mol. The fourth-order valence-corrected chi connectivity index (χ4v) is 1.51. The van der Waals surface area contributed by atoms with Gasteiger partial charge in [-0.25, -0.2) is 4.79 Å². The Kier molecular flexibility index (Phi) is 10.7. The normalized spacial score (nSPS) is 10.3. The van der Waals surface area contributed by atoms with Gasteiger partial charge in [-0.15, -0.1) is 0 Å². The lowest BCUT2D eigenvalue weighted by atomic mass is 10.4. The van der Waals surface area contributed by atoms with E-state index in [0.717, 1.165) is 0 Å².